The molecule has 6 heteroatoms. The smallest absolute Gasteiger partial charge is 0.353 e. The minimum Gasteiger partial charge on any atom is -0.467 e. The molecule has 0 atom stereocenters. The van der Waals surface area contributed by atoms with E-state index in [0.717, 1.165) is 11.1 Å². The number of hydrogen-bond donors (Lipinski definition) is 0. The van der Waals surface area contributed by atoms with Crippen LogP contribution >= 0.6 is 0 Å². The van der Waals surface area contributed by atoms with E-state index >= 15 is 0 Å². The molecule has 0 amide bonds. The van der Waals surface area contributed by atoms with Crippen molar-refractivity contribution in [2.24, 2.45) is 7.05 Å². The van der Waals surface area contributed by atoms with Crippen molar-refractivity contribution in [3.63, 3.8) is 0 Å². The summed E-state index contributed by atoms with van der Waals surface area (Å²) in [4.78, 5) is 12.5. The second-order valence-corrected chi connectivity index (χ2v) is 5.57. The second kappa shape index (κ2) is 6.23. The first kappa shape index (κ1) is 15.9. The minimum absolute atomic E-state index is 0.214. The van der Waals surface area contributed by atoms with Crippen LogP contribution in [0.1, 0.15) is 11.1 Å². The van der Waals surface area contributed by atoms with Crippen molar-refractivity contribution >= 4 is 0 Å². The quantitative estimate of drug-likeness (QED) is 0.740. The zero-order chi connectivity index (χ0) is 17.3. The molecule has 3 aromatic rings. The van der Waals surface area contributed by atoms with E-state index in [1.165, 1.54) is 16.4 Å². The van der Waals surface area contributed by atoms with Crippen molar-refractivity contribution in [2.75, 3.05) is 7.11 Å². The van der Waals surface area contributed by atoms with Gasteiger partial charge in [-0.25, -0.2) is 14.0 Å². The lowest BCUT2D eigenvalue weighted by atomic mass is 10.2. The molecule has 124 valence electrons. The molecular weight excluding hydrogens is 306 g/mol. The van der Waals surface area contributed by atoms with Crippen molar-refractivity contribution in [3.05, 3.63) is 64.1 Å². The van der Waals surface area contributed by atoms with Gasteiger partial charge in [-0.2, -0.15) is 0 Å². The number of aromatic nitrogens is 3. The summed E-state index contributed by atoms with van der Waals surface area (Å²) in [5, 5.41) is 4.10. The van der Waals surface area contributed by atoms with E-state index in [1.54, 1.807) is 7.05 Å². The van der Waals surface area contributed by atoms with Gasteiger partial charge in [0, 0.05) is 7.05 Å². The molecule has 24 heavy (non-hydrogen) atoms. The van der Waals surface area contributed by atoms with Crippen LogP contribution in [0.3, 0.4) is 0 Å². The highest BCUT2D eigenvalue weighted by Gasteiger charge is 2.19. The Morgan fingerprint density at radius 2 is 1.83 bits per heavy atom. The fourth-order valence-corrected chi connectivity index (χ4v) is 2.57. The molecule has 1 aromatic heterocycles. The Kier molecular flexibility index (Phi) is 4.12. The van der Waals surface area contributed by atoms with Crippen LogP contribution < -0.4 is 15.2 Å². The van der Waals surface area contributed by atoms with E-state index in [0.29, 0.717) is 17.2 Å². The van der Waals surface area contributed by atoms with Gasteiger partial charge in [0.15, 0.2) is 5.75 Å². The topological polar surface area (TPSA) is 58.3 Å². The molecule has 0 bridgehead atoms. The highest BCUT2D eigenvalue weighted by atomic mass is 16.5. The third-order valence-corrected chi connectivity index (χ3v) is 3.72. The monoisotopic (exact) mass is 325 g/mol. The summed E-state index contributed by atoms with van der Waals surface area (Å²) in [7, 11) is 3.07. The highest BCUT2D eigenvalue weighted by Crippen LogP contribution is 2.32. The van der Waals surface area contributed by atoms with E-state index in [-0.39, 0.29) is 11.7 Å². The van der Waals surface area contributed by atoms with Crippen LogP contribution in [0.15, 0.2) is 47.3 Å². The van der Waals surface area contributed by atoms with Crippen LogP contribution in [0.4, 0.5) is 0 Å². The van der Waals surface area contributed by atoms with Crippen LogP contribution in [-0.2, 0) is 7.05 Å². The summed E-state index contributed by atoms with van der Waals surface area (Å²) in [5.74, 6) is 1.27. The predicted molar refractivity (Wildman–Crippen MR) is 91.3 cm³/mol. The van der Waals surface area contributed by atoms with E-state index in [2.05, 4.69) is 5.10 Å². The molecule has 1 heterocycles. The summed E-state index contributed by atoms with van der Waals surface area (Å²) >= 11 is 0. The number of ether oxygens (including phenoxy) is 2. The van der Waals surface area contributed by atoms with Crippen molar-refractivity contribution in [1.82, 2.24) is 14.3 Å². The molecular formula is C18H19N3O3. The minimum atomic E-state index is -0.296. The Balaban J connectivity index is 2.17. The number of benzene rings is 2. The van der Waals surface area contributed by atoms with E-state index < -0.39 is 0 Å². The maximum absolute atomic E-state index is 12.5. The van der Waals surface area contributed by atoms with Gasteiger partial charge in [0.25, 0.3) is 0 Å². The van der Waals surface area contributed by atoms with Gasteiger partial charge >= 0.3 is 11.7 Å². The molecule has 0 fully saturated rings. The number of methoxy groups -OCH3 is 1. The zero-order valence-electron chi connectivity index (χ0n) is 14.1. The molecule has 3 rings (SSSR count). The van der Waals surface area contributed by atoms with Crippen molar-refractivity contribution in [2.45, 2.75) is 13.8 Å². The van der Waals surface area contributed by atoms with Crippen LogP contribution in [0.2, 0.25) is 0 Å². The normalized spacial score (nSPS) is 10.7. The van der Waals surface area contributed by atoms with Gasteiger partial charge in [-0.05, 0) is 43.2 Å². The van der Waals surface area contributed by atoms with Gasteiger partial charge in [0.2, 0.25) is 0 Å². The van der Waals surface area contributed by atoms with Crippen LogP contribution in [0.25, 0.3) is 5.69 Å². The fraction of sp³-hybridized carbons (Fsp3) is 0.222. The lowest BCUT2D eigenvalue weighted by Crippen LogP contribution is -2.22. The van der Waals surface area contributed by atoms with Gasteiger partial charge < -0.3 is 9.47 Å². The van der Waals surface area contributed by atoms with Crippen LogP contribution in [0.5, 0.6) is 17.5 Å². The Bertz CT molecular complexity index is 941. The van der Waals surface area contributed by atoms with Crippen molar-refractivity contribution in [3.8, 4) is 23.2 Å². The maximum atomic E-state index is 12.5. The molecule has 0 unspecified atom stereocenters. The number of hydrogen-bond acceptors (Lipinski definition) is 4. The molecule has 2 aromatic carbocycles. The van der Waals surface area contributed by atoms with E-state index in [9.17, 15) is 4.79 Å². The number of nitrogens with zero attached hydrogens (tertiary/aromatic N) is 3. The van der Waals surface area contributed by atoms with Gasteiger partial charge in [0.1, 0.15) is 11.4 Å². The summed E-state index contributed by atoms with van der Waals surface area (Å²) in [5.41, 5.74) is 2.30. The molecule has 0 N–H and O–H groups in total. The predicted octanol–water partition coefficient (Wildman–Crippen LogP) is 2.99. The maximum Gasteiger partial charge on any atom is 0.353 e. The molecule has 0 saturated heterocycles. The number of aryl methyl sites for hydroxylation is 3. The first-order valence-electron chi connectivity index (χ1n) is 7.56. The Labute approximate surface area is 139 Å². The largest absolute Gasteiger partial charge is 0.467 e. The molecule has 0 aliphatic rings. The first-order valence-corrected chi connectivity index (χ1v) is 7.56. The lowest BCUT2D eigenvalue weighted by molar-refractivity contribution is 0.367. The highest BCUT2D eigenvalue weighted by molar-refractivity contribution is 5.55. The van der Waals surface area contributed by atoms with Crippen LogP contribution in [0, 0.1) is 13.8 Å². The average molecular weight is 325 g/mol. The summed E-state index contributed by atoms with van der Waals surface area (Å²) in [6.45, 7) is 3.91. The number of rotatable bonds is 4. The molecule has 6 nitrogen and oxygen atoms in total. The van der Waals surface area contributed by atoms with Gasteiger partial charge in [-0.3, -0.25) is 0 Å². The van der Waals surface area contributed by atoms with Crippen molar-refractivity contribution < 1.29 is 9.47 Å². The second-order valence-electron chi connectivity index (χ2n) is 5.57. The molecule has 0 aliphatic heterocycles. The van der Waals surface area contributed by atoms with Gasteiger partial charge in [-0.1, -0.05) is 24.3 Å². The standard InChI is InChI=1S/C18H19N3O3/c1-12-7-5-9-14(11-12)24-15-10-6-8-13(2)16(15)21-17(23-4)19-20(3)18(21)22/h5-11H,1-4H3. The Morgan fingerprint density at radius 1 is 1.08 bits per heavy atom. The SMILES string of the molecule is COc1nn(C)c(=O)n1-c1c(C)cccc1Oc1cccc(C)c1. The summed E-state index contributed by atoms with van der Waals surface area (Å²) in [6, 6.07) is 13.6. The Morgan fingerprint density at radius 3 is 2.54 bits per heavy atom. The molecule has 0 spiro atoms. The van der Waals surface area contributed by atoms with Crippen LogP contribution in [-0.4, -0.2) is 21.5 Å². The molecule has 0 aliphatic carbocycles. The van der Waals surface area contributed by atoms with Gasteiger partial charge in [-0.15, -0.1) is 5.10 Å². The van der Waals surface area contributed by atoms with E-state index in [1.807, 2.05) is 56.3 Å². The lowest BCUT2D eigenvalue weighted by Gasteiger charge is -2.14. The zero-order valence-corrected chi connectivity index (χ0v) is 14.1. The third-order valence-electron chi connectivity index (χ3n) is 3.72. The van der Waals surface area contributed by atoms with Crippen molar-refractivity contribution in [1.29, 1.82) is 0 Å². The van der Waals surface area contributed by atoms with E-state index in [4.69, 9.17) is 9.47 Å². The molecule has 0 saturated carbocycles. The average Bonchev–Trinajstić information content (AvgIpc) is 2.83. The number of para-hydroxylation sites is 1. The summed E-state index contributed by atoms with van der Waals surface area (Å²) < 4.78 is 13.9. The Hall–Kier alpha value is -3.02. The first-order chi connectivity index (χ1) is 11.5. The molecule has 0 radical (unpaired) electrons. The summed E-state index contributed by atoms with van der Waals surface area (Å²) in [6.07, 6.45) is 0. The third kappa shape index (κ3) is 2.78. The van der Waals surface area contributed by atoms with Gasteiger partial charge in [0.05, 0.1) is 7.11 Å². The fourth-order valence-electron chi connectivity index (χ4n) is 2.57.